The molecule has 7 aromatic rings. The predicted octanol–water partition coefficient (Wildman–Crippen LogP) is 12.9. The Hall–Kier alpha value is -5.74. The summed E-state index contributed by atoms with van der Waals surface area (Å²) < 4.78 is 7.50. The zero-order chi connectivity index (χ0) is 40.0. The third kappa shape index (κ3) is 6.21. The highest BCUT2D eigenvalue weighted by molar-refractivity contribution is 6.99. The zero-order valence-electron chi connectivity index (χ0n) is 35.2. The maximum Gasteiger partial charge on any atom is 0.297 e. The summed E-state index contributed by atoms with van der Waals surface area (Å²) in [5.74, 6) is 0.892. The summed E-state index contributed by atoms with van der Waals surface area (Å²) >= 11 is 0. The van der Waals surface area contributed by atoms with E-state index < -0.39 is 0 Å². The molecule has 1 aromatic heterocycles. The van der Waals surface area contributed by atoms with Gasteiger partial charge in [-0.05, 0) is 104 Å². The minimum absolute atomic E-state index is 0.0298. The van der Waals surface area contributed by atoms with E-state index in [0.29, 0.717) is 0 Å². The molecule has 57 heavy (non-hydrogen) atoms. The normalized spacial score (nSPS) is 13.7. The Morgan fingerprint density at radius 2 is 0.947 bits per heavy atom. The molecule has 0 bridgehead atoms. The molecule has 6 aromatic carbocycles. The molecule has 4 heteroatoms. The largest absolute Gasteiger partial charge is 0.467 e. The van der Waals surface area contributed by atoms with Gasteiger partial charge in [0.15, 0.2) is 0 Å². The Morgan fingerprint density at radius 1 is 0.474 bits per heavy atom. The Bertz CT molecular complexity index is 2620. The van der Waals surface area contributed by atoms with Crippen molar-refractivity contribution < 1.29 is 4.42 Å². The molecule has 0 N–H and O–H groups in total. The third-order valence-electron chi connectivity index (χ3n) is 12.0. The van der Waals surface area contributed by atoms with Crippen LogP contribution in [0.4, 0.5) is 34.1 Å². The van der Waals surface area contributed by atoms with Crippen LogP contribution in [-0.2, 0) is 16.2 Å². The Kier molecular flexibility index (Phi) is 8.52. The molecule has 2 aliphatic heterocycles. The summed E-state index contributed by atoms with van der Waals surface area (Å²) in [5, 5.41) is 0. The van der Waals surface area contributed by atoms with E-state index in [4.69, 9.17) is 4.42 Å². The molecule has 0 radical (unpaired) electrons. The van der Waals surface area contributed by atoms with Crippen LogP contribution in [0.3, 0.4) is 0 Å². The molecule has 284 valence electrons. The van der Waals surface area contributed by atoms with Crippen molar-refractivity contribution in [2.75, 3.05) is 9.80 Å². The van der Waals surface area contributed by atoms with Crippen LogP contribution in [-0.4, -0.2) is 6.71 Å². The van der Waals surface area contributed by atoms with Crippen molar-refractivity contribution in [1.82, 2.24) is 0 Å². The molecule has 3 heterocycles. The van der Waals surface area contributed by atoms with Crippen molar-refractivity contribution in [2.45, 2.75) is 85.5 Å². The molecule has 0 saturated heterocycles. The van der Waals surface area contributed by atoms with Gasteiger partial charge in [0.1, 0.15) is 5.76 Å². The number of fused-ring (bicyclic) bond motifs is 4. The summed E-state index contributed by atoms with van der Waals surface area (Å²) in [6.45, 7) is 22.7. The molecular weight excluding hydrogens is 691 g/mol. The first kappa shape index (κ1) is 36.9. The number of furan rings is 1. The number of anilines is 6. The highest BCUT2D eigenvalue weighted by atomic mass is 16.3. The van der Waals surface area contributed by atoms with Crippen LogP contribution in [0.15, 0.2) is 144 Å². The molecule has 0 saturated carbocycles. The average Bonchev–Trinajstić information content (AvgIpc) is 3.57. The van der Waals surface area contributed by atoms with Crippen molar-refractivity contribution in [3.8, 4) is 22.5 Å². The molecule has 0 aliphatic carbocycles. The lowest BCUT2D eigenvalue weighted by Crippen LogP contribution is -2.61. The van der Waals surface area contributed by atoms with Crippen molar-refractivity contribution in [3.05, 3.63) is 162 Å². The number of benzene rings is 6. The molecule has 0 unspecified atom stereocenters. The number of hydrogen-bond acceptors (Lipinski definition) is 3. The second kappa shape index (κ2) is 13.2. The van der Waals surface area contributed by atoms with E-state index in [2.05, 4.69) is 219 Å². The van der Waals surface area contributed by atoms with Gasteiger partial charge in [-0.1, -0.05) is 159 Å². The van der Waals surface area contributed by atoms with Crippen molar-refractivity contribution in [1.29, 1.82) is 0 Å². The number of hydrogen-bond donors (Lipinski definition) is 0. The molecule has 0 amide bonds. The van der Waals surface area contributed by atoms with Gasteiger partial charge in [-0.2, -0.15) is 0 Å². The fourth-order valence-electron chi connectivity index (χ4n) is 8.85. The van der Waals surface area contributed by atoms with Gasteiger partial charge in [0.25, 0.3) is 6.71 Å². The SMILES string of the molecule is Cc1cc2c3c(c1)N(c1ccc(C(C)(C)C)cc1)c1c(oc(-c4ccccc4)c1-c1ccccc1)B3c1cc(C(C)(C)C)ccc1N2c1ccc(C(C)(C)C)cc1. The molecule has 3 nitrogen and oxygen atoms in total. The minimum atomic E-state index is -0.141. The van der Waals surface area contributed by atoms with Crippen LogP contribution < -0.4 is 26.4 Å². The Morgan fingerprint density at radius 3 is 1.47 bits per heavy atom. The maximum atomic E-state index is 7.50. The molecule has 2 aliphatic rings. The van der Waals surface area contributed by atoms with Crippen molar-refractivity contribution >= 4 is 57.4 Å². The van der Waals surface area contributed by atoms with E-state index in [9.17, 15) is 0 Å². The van der Waals surface area contributed by atoms with Crippen LogP contribution in [0.25, 0.3) is 22.5 Å². The first-order chi connectivity index (χ1) is 27.1. The number of rotatable bonds is 4. The quantitative estimate of drug-likeness (QED) is 0.167. The van der Waals surface area contributed by atoms with Crippen LogP contribution in [0, 0.1) is 6.92 Å². The van der Waals surface area contributed by atoms with E-state index in [1.54, 1.807) is 0 Å². The molecule has 0 fully saturated rings. The second-order valence-electron chi connectivity index (χ2n) is 19.2. The van der Waals surface area contributed by atoms with E-state index in [0.717, 1.165) is 45.2 Å². The predicted molar refractivity (Wildman–Crippen MR) is 244 cm³/mol. The van der Waals surface area contributed by atoms with Gasteiger partial charge in [0.05, 0.1) is 16.9 Å². The summed E-state index contributed by atoms with van der Waals surface area (Å²) in [4.78, 5) is 5.00. The van der Waals surface area contributed by atoms with Gasteiger partial charge in [-0.3, -0.25) is 0 Å². The van der Waals surface area contributed by atoms with Gasteiger partial charge in [0.2, 0.25) is 0 Å². The van der Waals surface area contributed by atoms with Crippen molar-refractivity contribution in [2.24, 2.45) is 0 Å². The van der Waals surface area contributed by atoms with Gasteiger partial charge in [-0.15, -0.1) is 0 Å². The lowest BCUT2D eigenvalue weighted by molar-refractivity contribution is 0.590. The first-order valence-corrected chi connectivity index (χ1v) is 20.5. The highest BCUT2D eigenvalue weighted by Crippen LogP contribution is 2.51. The molecule has 9 rings (SSSR count). The summed E-state index contributed by atoms with van der Waals surface area (Å²) in [5.41, 5.74) is 18.9. The zero-order valence-corrected chi connectivity index (χ0v) is 35.2. The molecular formula is C53H53BN2O. The fraction of sp³-hybridized carbons (Fsp3) is 0.245. The molecule has 0 atom stereocenters. The smallest absolute Gasteiger partial charge is 0.297 e. The van der Waals surface area contributed by atoms with Crippen LogP contribution in [0.2, 0.25) is 0 Å². The van der Waals surface area contributed by atoms with Crippen LogP contribution in [0.5, 0.6) is 0 Å². The van der Waals surface area contributed by atoms with Gasteiger partial charge >= 0.3 is 0 Å². The Labute approximate surface area is 340 Å². The summed E-state index contributed by atoms with van der Waals surface area (Å²) in [6.07, 6.45) is 0. The summed E-state index contributed by atoms with van der Waals surface area (Å²) in [6, 6.07) is 51.9. The maximum absolute atomic E-state index is 7.50. The van der Waals surface area contributed by atoms with Crippen molar-refractivity contribution in [3.63, 3.8) is 0 Å². The van der Waals surface area contributed by atoms with E-state index in [-0.39, 0.29) is 23.0 Å². The summed E-state index contributed by atoms with van der Waals surface area (Å²) in [7, 11) is 0. The van der Waals surface area contributed by atoms with Crippen LogP contribution >= 0.6 is 0 Å². The van der Waals surface area contributed by atoms with Gasteiger partial charge in [-0.25, -0.2) is 0 Å². The third-order valence-corrected chi connectivity index (χ3v) is 12.0. The fourth-order valence-corrected chi connectivity index (χ4v) is 8.85. The highest BCUT2D eigenvalue weighted by Gasteiger charge is 2.48. The van der Waals surface area contributed by atoms with Gasteiger partial charge in [0, 0.05) is 34.0 Å². The lowest BCUT2D eigenvalue weighted by Gasteiger charge is -2.43. The van der Waals surface area contributed by atoms with E-state index in [1.165, 1.54) is 50.2 Å². The Balaban J connectivity index is 1.41. The lowest BCUT2D eigenvalue weighted by atomic mass is 9.35. The number of aryl methyl sites for hydroxylation is 1. The average molecular weight is 745 g/mol. The monoisotopic (exact) mass is 744 g/mol. The standard InChI is InChI=1S/C53H53BN2O/c1-34-31-44-47-45(32-34)56(41-28-23-38(24-29-41)52(5,6)7)48-46(35-17-13-11-14-18-35)49(36-19-15-12-16-20-36)57-50(48)54(47)42-33-39(53(8,9)10)25-30-43(42)55(44)40-26-21-37(22-27-40)51(2,3)4/h11-33H,1-10H3. The minimum Gasteiger partial charge on any atom is -0.467 e. The first-order valence-electron chi connectivity index (χ1n) is 20.5. The van der Waals surface area contributed by atoms with E-state index in [1.807, 2.05) is 0 Å². The second-order valence-corrected chi connectivity index (χ2v) is 19.2. The van der Waals surface area contributed by atoms with Crippen LogP contribution in [0.1, 0.15) is 84.6 Å². The molecule has 0 spiro atoms. The topological polar surface area (TPSA) is 19.6 Å². The number of nitrogens with zero attached hydrogens (tertiary/aromatic N) is 2. The van der Waals surface area contributed by atoms with E-state index >= 15 is 0 Å². The van der Waals surface area contributed by atoms with Gasteiger partial charge < -0.3 is 14.2 Å².